The molecule has 0 bridgehead atoms. The van der Waals surface area contributed by atoms with Crippen LogP contribution in [0, 0.1) is 0 Å². The summed E-state index contributed by atoms with van der Waals surface area (Å²) in [5, 5.41) is 7.65. The summed E-state index contributed by atoms with van der Waals surface area (Å²) in [6, 6.07) is 0. The van der Waals surface area contributed by atoms with E-state index in [4.69, 9.17) is 14.2 Å². The molecule has 0 saturated carbocycles. The molecule has 0 saturated heterocycles. The Bertz CT molecular complexity index is 153. The maximum atomic E-state index is 9.29. The number of carbonyl (C=O) groups is 1. The highest BCUT2D eigenvalue weighted by atomic mass is 33.2. The molecule has 0 aromatic carbocycles. The topological polar surface area (TPSA) is 112 Å². The highest BCUT2D eigenvalue weighted by molar-refractivity contribution is 8.56. The van der Waals surface area contributed by atoms with Gasteiger partial charge in [0.25, 0.3) is 20.2 Å². The van der Waals surface area contributed by atoms with Crippen molar-refractivity contribution in [2.75, 3.05) is 5.75 Å². The van der Waals surface area contributed by atoms with Crippen molar-refractivity contribution >= 4 is 38.8 Å². The van der Waals surface area contributed by atoms with Crippen LogP contribution in [0.2, 0.25) is 0 Å². The molecule has 2 atom stereocenters. The van der Waals surface area contributed by atoms with Crippen molar-refractivity contribution in [2.24, 2.45) is 0 Å². The summed E-state index contributed by atoms with van der Waals surface area (Å²) in [5.74, 6) is -0.965. The van der Waals surface area contributed by atoms with Crippen LogP contribution in [0.4, 0.5) is 0 Å². The first-order valence-corrected chi connectivity index (χ1v) is 5.33. The van der Waals surface area contributed by atoms with Gasteiger partial charge in [-0.15, -0.1) is 0 Å². The van der Waals surface area contributed by atoms with Crippen molar-refractivity contribution in [3.05, 3.63) is 0 Å². The molecular weight excluding hydrogens is 216 g/mol. The zero-order valence-electron chi connectivity index (χ0n) is 5.04. The van der Waals surface area contributed by atoms with Gasteiger partial charge in [0.05, 0.1) is 5.75 Å². The summed E-state index contributed by atoms with van der Waals surface area (Å²) < 4.78 is 33.6. The lowest BCUT2D eigenvalue weighted by molar-refractivity contribution is -0.133. The van der Waals surface area contributed by atoms with E-state index in [0.29, 0.717) is 0 Å². The van der Waals surface area contributed by atoms with E-state index in [-0.39, 0.29) is 5.75 Å². The Hall–Kier alpha value is 0.0400. The number of carboxylic acids is 1. The lowest BCUT2D eigenvalue weighted by Gasteiger charge is -1.74. The minimum atomic E-state index is -2.59. The van der Waals surface area contributed by atoms with Crippen LogP contribution in [0.1, 0.15) is 0 Å². The molecule has 0 spiro atoms. The molecule has 3 N–H and O–H groups in total. The molecule has 0 aromatic rings. The van der Waals surface area contributed by atoms with E-state index in [1.807, 2.05) is 0 Å². The number of hydrogen-bond acceptors (Lipinski definition) is 4. The average molecular weight is 222 g/mol. The third-order valence-electron chi connectivity index (χ3n) is 0.257. The van der Waals surface area contributed by atoms with Crippen molar-refractivity contribution in [3.8, 4) is 0 Å². The van der Waals surface area contributed by atoms with Gasteiger partial charge in [-0.3, -0.25) is 13.9 Å². The second-order valence-electron chi connectivity index (χ2n) is 0.986. The fourth-order valence-corrected chi connectivity index (χ4v) is 0. The first kappa shape index (κ1) is 13.6. The summed E-state index contributed by atoms with van der Waals surface area (Å²) in [4.78, 5) is 9.29. The molecular formula is C2H6O6S3. The zero-order valence-corrected chi connectivity index (χ0v) is 7.56. The Morgan fingerprint density at radius 2 is 1.45 bits per heavy atom. The van der Waals surface area contributed by atoms with E-state index >= 15 is 0 Å². The number of aliphatic carboxylic acids is 1. The van der Waals surface area contributed by atoms with E-state index in [0.717, 1.165) is 0 Å². The monoisotopic (exact) mass is 222 g/mol. The summed E-state index contributed by atoms with van der Waals surface area (Å²) in [7, 11) is -5.18. The summed E-state index contributed by atoms with van der Waals surface area (Å²) in [6.07, 6.45) is 0. The lowest BCUT2D eigenvalue weighted by Crippen LogP contribution is -1.93. The quantitative estimate of drug-likeness (QED) is 0.280. The molecule has 0 aromatic heterocycles. The molecule has 0 fully saturated rings. The first-order valence-electron chi connectivity index (χ1n) is 1.96. The standard InChI is InChI=1S/C2H4O2S.H2O4S2/c3-2(4)1-5;1-5(2)6(3)4/h5H,1H2,(H,3,4);(H,1,2)(H,3,4). The van der Waals surface area contributed by atoms with Crippen molar-refractivity contribution in [2.45, 2.75) is 0 Å². The van der Waals surface area contributed by atoms with Crippen molar-refractivity contribution < 1.29 is 27.4 Å². The van der Waals surface area contributed by atoms with Crippen LogP contribution in [-0.4, -0.2) is 34.4 Å². The zero-order chi connectivity index (χ0) is 9.44. The molecule has 2 unspecified atom stereocenters. The Balaban J connectivity index is 0. The Morgan fingerprint density at radius 1 is 1.27 bits per heavy atom. The molecule has 11 heavy (non-hydrogen) atoms. The normalized spacial score (nSPS) is 14.1. The van der Waals surface area contributed by atoms with Crippen molar-refractivity contribution in [1.29, 1.82) is 0 Å². The Kier molecular flexibility index (Phi) is 10.1. The van der Waals surface area contributed by atoms with E-state index in [9.17, 15) is 13.2 Å². The minimum Gasteiger partial charge on any atom is -0.481 e. The number of hydrogen-bond donors (Lipinski definition) is 4. The van der Waals surface area contributed by atoms with Crippen LogP contribution in [0.15, 0.2) is 0 Å². The second kappa shape index (κ2) is 8.14. The predicted molar refractivity (Wildman–Crippen MR) is 43.0 cm³/mol. The molecule has 0 aliphatic carbocycles. The molecule has 0 rings (SSSR count). The summed E-state index contributed by atoms with van der Waals surface area (Å²) in [5.41, 5.74) is 0. The fraction of sp³-hybridized carbons (Fsp3) is 0.500. The Labute approximate surface area is 72.4 Å². The van der Waals surface area contributed by atoms with E-state index in [1.54, 1.807) is 0 Å². The highest BCUT2D eigenvalue weighted by Crippen LogP contribution is 1.74. The van der Waals surface area contributed by atoms with Gasteiger partial charge in [-0.05, 0) is 0 Å². The van der Waals surface area contributed by atoms with E-state index in [2.05, 4.69) is 12.6 Å². The molecule has 0 aliphatic rings. The van der Waals surface area contributed by atoms with Crippen LogP contribution < -0.4 is 0 Å². The lowest BCUT2D eigenvalue weighted by atomic mass is 10.8. The molecule has 0 amide bonds. The fourth-order valence-electron chi connectivity index (χ4n) is 0. The average Bonchev–Trinajstić information content (AvgIpc) is 1.89. The van der Waals surface area contributed by atoms with Gasteiger partial charge in [0.2, 0.25) is 0 Å². The van der Waals surface area contributed by atoms with Gasteiger partial charge in [-0.1, -0.05) is 0 Å². The van der Waals surface area contributed by atoms with Crippen LogP contribution in [0.25, 0.3) is 0 Å². The van der Waals surface area contributed by atoms with Gasteiger partial charge in [-0.2, -0.15) is 12.6 Å². The summed E-state index contributed by atoms with van der Waals surface area (Å²) in [6.45, 7) is 0. The predicted octanol–water partition coefficient (Wildman–Crippen LogP) is -0.654. The molecule has 0 heterocycles. The molecule has 0 aliphatic heterocycles. The smallest absolute Gasteiger partial charge is 0.313 e. The third kappa shape index (κ3) is 17.8. The number of rotatable bonds is 2. The molecule has 6 nitrogen and oxygen atoms in total. The van der Waals surface area contributed by atoms with Crippen LogP contribution in [0.5, 0.6) is 0 Å². The third-order valence-corrected chi connectivity index (χ3v) is 1.50. The van der Waals surface area contributed by atoms with Crippen LogP contribution in [-0.2, 0) is 25.0 Å². The largest absolute Gasteiger partial charge is 0.481 e. The van der Waals surface area contributed by atoms with Gasteiger partial charge in [0, 0.05) is 0 Å². The van der Waals surface area contributed by atoms with Gasteiger partial charge in [0.15, 0.2) is 0 Å². The molecule has 0 radical (unpaired) electrons. The van der Waals surface area contributed by atoms with Crippen LogP contribution >= 0.6 is 12.6 Å². The van der Waals surface area contributed by atoms with Gasteiger partial charge >= 0.3 is 5.97 Å². The van der Waals surface area contributed by atoms with Gasteiger partial charge in [0.1, 0.15) is 0 Å². The van der Waals surface area contributed by atoms with E-state index in [1.165, 1.54) is 0 Å². The van der Waals surface area contributed by atoms with Crippen molar-refractivity contribution in [3.63, 3.8) is 0 Å². The number of carboxylic acid groups (broad SMARTS) is 1. The summed E-state index contributed by atoms with van der Waals surface area (Å²) >= 11 is 3.42. The first-order chi connectivity index (χ1) is 4.91. The SMILES string of the molecule is O=C(O)CS.O=S(O)S(=O)O. The highest BCUT2D eigenvalue weighted by Gasteiger charge is 1.95. The van der Waals surface area contributed by atoms with Crippen molar-refractivity contribution in [1.82, 2.24) is 0 Å². The maximum absolute atomic E-state index is 9.29. The second-order valence-corrected chi connectivity index (χ2v) is 3.88. The van der Waals surface area contributed by atoms with Gasteiger partial charge in [-0.25, -0.2) is 8.42 Å². The molecule has 9 heteroatoms. The Morgan fingerprint density at radius 3 is 1.45 bits per heavy atom. The van der Waals surface area contributed by atoms with Gasteiger partial charge < -0.3 is 5.11 Å². The molecule has 68 valence electrons. The van der Waals surface area contributed by atoms with Crippen LogP contribution in [0.3, 0.4) is 0 Å². The van der Waals surface area contributed by atoms with E-state index < -0.39 is 26.2 Å². The number of thiol groups is 1. The minimum absolute atomic E-state index is 0.0833. The maximum Gasteiger partial charge on any atom is 0.313 e.